The van der Waals surface area contributed by atoms with Gasteiger partial charge in [-0.3, -0.25) is 4.57 Å². The van der Waals surface area contributed by atoms with Crippen molar-refractivity contribution in [3.63, 3.8) is 0 Å². The molecular formula is C11H19N3O4. The zero-order valence-corrected chi connectivity index (χ0v) is 10.9. The summed E-state index contributed by atoms with van der Waals surface area (Å²) in [5, 5.41) is 11.5. The third kappa shape index (κ3) is 3.28. The van der Waals surface area contributed by atoms with Crippen LogP contribution >= 0.6 is 0 Å². The van der Waals surface area contributed by atoms with E-state index in [0.717, 1.165) is 11.3 Å². The van der Waals surface area contributed by atoms with Crippen molar-refractivity contribution in [2.24, 2.45) is 0 Å². The van der Waals surface area contributed by atoms with Gasteiger partial charge in [-0.05, 0) is 6.92 Å². The van der Waals surface area contributed by atoms with E-state index in [2.05, 4.69) is 10.3 Å². The molecule has 0 saturated heterocycles. The number of rotatable bonds is 7. The molecule has 1 aromatic rings. The van der Waals surface area contributed by atoms with Crippen molar-refractivity contribution in [3.05, 3.63) is 21.7 Å². The topological polar surface area (TPSA) is 85.6 Å². The zero-order chi connectivity index (χ0) is 13.5. The molecule has 1 aromatic heterocycles. The lowest BCUT2D eigenvalue weighted by atomic mass is 10.2. The number of aliphatic hydroxyl groups is 1. The molecule has 0 saturated carbocycles. The Morgan fingerprint density at radius 1 is 1.50 bits per heavy atom. The van der Waals surface area contributed by atoms with E-state index in [1.165, 1.54) is 4.57 Å². The van der Waals surface area contributed by atoms with Gasteiger partial charge in [0.1, 0.15) is 12.5 Å². The fraction of sp³-hybridized carbons (Fsp3) is 0.636. The van der Waals surface area contributed by atoms with Gasteiger partial charge in [0.2, 0.25) is 0 Å². The maximum absolute atomic E-state index is 11.8. The third-order valence-electron chi connectivity index (χ3n) is 2.55. The van der Waals surface area contributed by atoms with Gasteiger partial charge in [-0.1, -0.05) is 0 Å². The van der Waals surface area contributed by atoms with Crippen molar-refractivity contribution in [1.29, 1.82) is 0 Å². The van der Waals surface area contributed by atoms with Crippen LogP contribution in [0, 0.1) is 6.92 Å². The SMILES string of the molecule is CNc1nc(=O)n(COCCO)c(C)c1COC. The molecule has 0 aliphatic carbocycles. The minimum Gasteiger partial charge on any atom is -0.394 e. The van der Waals surface area contributed by atoms with Crippen LogP contribution in [0.1, 0.15) is 11.3 Å². The fourth-order valence-electron chi connectivity index (χ4n) is 1.60. The molecule has 0 radical (unpaired) electrons. The molecule has 0 atom stereocenters. The second kappa shape index (κ2) is 7.10. The number of anilines is 1. The van der Waals surface area contributed by atoms with E-state index < -0.39 is 5.69 Å². The van der Waals surface area contributed by atoms with E-state index in [-0.39, 0.29) is 19.9 Å². The van der Waals surface area contributed by atoms with Gasteiger partial charge in [0.25, 0.3) is 0 Å². The zero-order valence-electron chi connectivity index (χ0n) is 10.9. The maximum Gasteiger partial charge on any atom is 0.351 e. The third-order valence-corrected chi connectivity index (χ3v) is 2.55. The average Bonchev–Trinajstić information content (AvgIpc) is 2.36. The van der Waals surface area contributed by atoms with Crippen molar-refractivity contribution in [1.82, 2.24) is 9.55 Å². The van der Waals surface area contributed by atoms with E-state index in [4.69, 9.17) is 14.6 Å². The predicted molar refractivity (Wildman–Crippen MR) is 66.5 cm³/mol. The Labute approximate surface area is 105 Å². The molecule has 0 aliphatic rings. The Kier molecular flexibility index (Phi) is 5.76. The van der Waals surface area contributed by atoms with Crippen molar-refractivity contribution in [3.8, 4) is 0 Å². The lowest BCUT2D eigenvalue weighted by Gasteiger charge is -2.16. The number of hydrogen-bond donors (Lipinski definition) is 2. The second-order valence-electron chi connectivity index (χ2n) is 3.68. The first-order chi connectivity index (χ1) is 8.65. The highest BCUT2D eigenvalue weighted by molar-refractivity contribution is 5.44. The molecule has 102 valence electrons. The Balaban J connectivity index is 3.10. The van der Waals surface area contributed by atoms with E-state index in [1.807, 2.05) is 0 Å². The quantitative estimate of drug-likeness (QED) is 0.653. The van der Waals surface area contributed by atoms with E-state index in [9.17, 15) is 4.79 Å². The molecule has 0 aliphatic heterocycles. The van der Waals surface area contributed by atoms with Crippen LogP contribution in [0.4, 0.5) is 5.82 Å². The molecule has 18 heavy (non-hydrogen) atoms. The second-order valence-corrected chi connectivity index (χ2v) is 3.68. The van der Waals surface area contributed by atoms with Crippen molar-refractivity contribution in [2.45, 2.75) is 20.3 Å². The van der Waals surface area contributed by atoms with Gasteiger partial charge in [0, 0.05) is 25.4 Å². The molecule has 0 bridgehead atoms. The Hall–Kier alpha value is -1.44. The summed E-state index contributed by atoms with van der Waals surface area (Å²) in [6.07, 6.45) is 0. The van der Waals surface area contributed by atoms with Gasteiger partial charge < -0.3 is 19.9 Å². The number of nitrogens with one attached hydrogen (secondary N) is 1. The summed E-state index contributed by atoms with van der Waals surface area (Å²) in [5.74, 6) is 0.512. The molecule has 0 unspecified atom stereocenters. The summed E-state index contributed by atoms with van der Waals surface area (Å²) in [7, 11) is 3.28. The number of nitrogens with zero attached hydrogens (tertiary/aromatic N) is 2. The minimum atomic E-state index is -0.394. The van der Waals surface area contributed by atoms with E-state index in [1.54, 1.807) is 21.1 Å². The average molecular weight is 257 g/mol. The maximum atomic E-state index is 11.8. The van der Waals surface area contributed by atoms with Crippen LogP contribution < -0.4 is 11.0 Å². The van der Waals surface area contributed by atoms with Gasteiger partial charge in [0.15, 0.2) is 0 Å². The summed E-state index contributed by atoms with van der Waals surface area (Å²) in [6, 6.07) is 0. The number of methoxy groups -OCH3 is 1. The normalized spacial score (nSPS) is 10.7. The van der Waals surface area contributed by atoms with Crippen molar-refractivity contribution in [2.75, 3.05) is 32.7 Å². The highest BCUT2D eigenvalue weighted by atomic mass is 16.5. The molecule has 0 spiro atoms. The van der Waals surface area contributed by atoms with Gasteiger partial charge >= 0.3 is 5.69 Å². The summed E-state index contributed by atoms with van der Waals surface area (Å²) in [4.78, 5) is 15.7. The van der Waals surface area contributed by atoms with Gasteiger partial charge in [-0.25, -0.2) is 4.79 Å². The first-order valence-corrected chi connectivity index (χ1v) is 5.61. The van der Waals surface area contributed by atoms with Crippen LogP contribution in [0.2, 0.25) is 0 Å². The van der Waals surface area contributed by atoms with Crippen LogP contribution in [0.15, 0.2) is 4.79 Å². The van der Waals surface area contributed by atoms with E-state index >= 15 is 0 Å². The lowest BCUT2D eigenvalue weighted by Crippen LogP contribution is -2.29. The highest BCUT2D eigenvalue weighted by Gasteiger charge is 2.13. The lowest BCUT2D eigenvalue weighted by molar-refractivity contribution is 0.0443. The number of hydrogen-bond acceptors (Lipinski definition) is 6. The van der Waals surface area contributed by atoms with E-state index in [0.29, 0.717) is 12.4 Å². The molecule has 1 heterocycles. The summed E-state index contributed by atoms with van der Waals surface area (Å²) in [5.41, 5.74) is 1.15. The highest BCUT2D eigenvalue weighted by Crippen LogP contribution is 2.15. The van der Waals surface area contributed by atoms with Crippen molar-refractivity contribution >= 4 is 5.82 Å². The molecule has 1 rings (SSSR count). The standard InChI is InChI=1S/C11H19N3O4/c1-8-9(6-17-3)10(12-2)13-11(16)14(8)7-18-5-4-15/h15H,4-7H2,1-3H3,(H,12,13,16). The molecule has 7 nitrogen and oxygen atoms in total. The summed E-state index contributed by atoms with van der Waals surface area (Å²) in [6.45, 7) is 2.33. The van der Waals surface area contributed by atoms with Crippen molar-refractivity contribution < 1.29 is 14.6 Å². The van der Waals surface area contributed by atoms with Crippen LogP contribution in [-0.4, -0.2) is 42.0 Å². The summed E-state index contributed by atoms with van der Waals surface area (Å²) < 4.78 is 11.7. The monoisotopic (exact) mass is 257 g/mol. The fourth-order valence-corrected chi connectivity index (χ4v) is 1.60. The molecule has 0 aromatic carbocycles. The first-order valence-electron chi connectivity index (χ1n) is 5.61. The van der Waals surface area contributed by atoms with Gasteiger partial charge in [0.05, 0.1) is 19.8 Å². The number of aromatic nitrogens is 2. The van der Waals surface area contributed by atoms with Gasteiger partial charge in [-0.2, -0.15) is 4.98 Å². The number of aliphatic hydroxyl groups excluding tert-OH is 1. The Bertz CT molecular complexity index is 445. The van der Waals surface area contributed by atoms with Crippen LogP contribution in [0.3, 0.4) is 0 Å². The Morgan fingerprint density at radius 3 is 2.78 bits per heavy atom. The predicted octanol–water partition coefficient (Wildman–Crippen LogP) is -0.294. The van der Waals surface area contributed by atoms with Crippen LogP contribution in [0.25, 0.3) is 0 Å². The van der Waals surface area contributed by atoms with Crippen LogP contribution in [-0.2, 0) is 22.8 Å². The molecule has 2 N–H and O–H groups in total. The largest absolute Gasteiger partial charge is 0.394 e. The molecule has 0 fully saturated rings. The first kappa shape index (κ1) is 14.6. The van der Waals surface area contributed by atoms with Gasteiger partial charge in [-0.15, -0.1) is 0 Å². The molecule has 7 heteroatoms. The minimum absolute atomic E-state index is 0.0684. The molecule has 0 amide bonds. The smallest absolute Gasteiger partial charge is 0.351 e. The summed E-state index contributed by atoms with van der Waals surface area (Å²) >= 11 is 0. The molecular weight excluding hydrogens is 238 g/mol. The number of ether oxygens (including phenoxy) is 2. The van der Waals surface area contributed by atoms with Crippen LogP contribution in [0.5, 0.6) is 0 Å². The Morgan fingerprint density at radius 2 is 2.22 bits per heavy atom.